The summed E-state index contributed by atoms with van der Waals surface area (Å²) in [4.78, 5) is 16.6. The lowest BCUT2D eigenvalue weighted by Gasteiger charge is -2.05. The van der Waals surface area contributed by atoms with E-state index in [1.54, 1.807) is 11.6 Å². The minimum atomic E-state index is -0.255. The maximum atomic E-state index is 12.4. The molecule has 1 aromatic heterocycles. The Morgan fingerprint density at radius 2 is 2.18 bits per heavy atom. The Balaban J connectivity index is 1.82. The van der Waals surface area contributed by atoms with Crippen LogP contribution in [-0.4, -0.2) is 33.2 Å². The predicted molar refractivity (Wildman–Crippen MR) is 89.7 cm³/mol. The van der Waals surface area contributed by atoms with Gasteiger partial charge in [-0.05, 0) is 12.5 Å². The van der Waals surface area contributed by atoms with Crippen LogP contribution in [0.15, 0.2) is 35.3 Å². The number of carbonyl (C=O) groups is 1. The van der Waals surface area contributed by atoms with Crippen LogP contribution in [0.5, 0.6) is 0 Å². The van der Waals surface area contributed by atoms with E-state index in [2.05, 4.69) is 15.4 Å². The van der Waals surface area contributed by atoms with Crippen molar-refractivity contribution in [3.05, 3.63) is 52.3 Å². The molecule has 0 bridgehead atoms. The molecule has 1 aliphatic rings. The standard InChI is InChI=1S/C15H15ClN4OS/c1-10-12(14(21)18-15-17-7-8-22-15)13(16)20(19-10)9-11-5-3-2-4-6-11/h2-6H,7-9H2,1H3,(H,17,18,21). The van der Waals surface area contributed by atoms with Crippen molar-refractivity contribution in [1.29, 1.82) is 0 Å². The molecule has 1 aromatic carbocycles. The molecule has 0 saturated heterocycles. The van der Waals surface area contributed by atoms with E-state index >= 15 is 0 Å². The van der Waals surface area contributed by atoms with Crippen LogP contribution in [0.4, 0.5) is 0 Å². The van der Waals surface area contributed by atoms with Crippen molar-refractivity contribution in [1.82, 2.24) is 15.1 Å². The van der Waals surface area contributed by atoms with Gasteiger partial charge in [0.2, 0.25) is 0 Å². The highest BCUT2D eigenvalue weighted by Gasteiger charge is 2.22. The summed E-state index contributed by atoms with van der Waals surface area (Å²) in [6.07, 6.45) is 0. The number of aliphatic imine (C=N–C) groups is 1. The predicted octanol–water partition coefficient (Wildman–Crippen LogP) is 2.73. The average molecular weight is 335 g/mol. The van der Waals surface area contributed by atoms with Gasteiger partial charge in [0.1, 0.15) is 5.15 Å². The Morgan fingerprint density at radius 3 is 2.86 bits per heavy atom. The first-order valence-electron chi connectivity index (χ1n) is 6.90. The van der Waals surface area contributed by atoms with Crippen molar-refractivity contribution in [3.63, 3.8) is 0 Å². The number of rotatable bonds is 3. The Hall–Kier alpha value is -1.79. The molecule has 1 amide bonds. The number of amidine groups is 1. The Bertz CT molecular complexity index is 727. The molecule has 1 aliphatic heterocycles. The summed E-state index contributed by atoms with van der Waals surface area (Å²) in [5.74, 6) is 0.644. The largest absolute Gasteiger partial charge is 0.301 e. The normalized spacial score (nSPS) is 14.0. The van der Waals surface area contributed by atoms with E-state index in [1.165, 1.54) is 11.8 Å². The second-order valence-electron chi connectivity index (χ2n) is 4.88. The van der Waals surface area contributed by atoms with Gasteiger partial charge >= 0.3 is 0 Å². The number of halogens is 1. The molecule has 0 unspecified atom stereocenters. The van der Waals surface area contributed by atoms with Gasteiger partial charge in [0, 0.05) is 5.75 Å². The fourth-order valence-corrected chi connectivity index (χ4v) is 3.29. The summed E-state index contributed by atoms with van der Waals surface area (Å²) < 4.78 is 1.64. The number of aromatic nitrogens is 2. The maximum absolute atomic E-state index is 12.4. The number of nitrogens with one attached hydrogen (secondary N) is 1. The van der Waals surface area contributed by atoms with Crippen LogP contribution in [0.1, 0.15) is 21.6 Å². The number of thioether (sulfide) groups is 1. The lowest BCUT2D eigenvalue weighted by molar-refractivity contribution is 0.0977. The van der Waals surface area contributed by atoms with Gasteiger partial charge in [-0.2, -0.15) is 5.10 Å². The molecule has 2 heterocycles. The Kier molecular flexibility index (Phi) is 4.49. The van der Waals surface area contributed by atoms with E-state index in [4.69, 9.17) is 11.6 Å². The van der Waals surface area contributed by atoms with Gasteiger partial charge in [-0.1, -0.05) is 53.7 Å². The lowest BCUT2D eigenvalue weighted by Crippen LogP contribution is -2.27. The van der Waals surface area contributed by atoms with Crippen LogP contribution in [0.3, 0.4) is 0 Å². The first-order chi connectivity index (χ1) is 10.6. The van der Waals surface area contributed by atoms with Gasteiger partial charge in [-0.25, -0.2) is 4.68 Å². The summed E-state index contributed by atoms with van der Waals surface area (Å²) in [5, 5.41) is 8.17. The molecule has 114 valence electrons. The first kappa shape index (κ1) is 15.1. The van der Waals surface area contributed by atoms with E-state index in [0.717, 1.165) is 17.9 Å². The smallest absolute Gasteiger partial charge is 0.262 e. The zero-order chi connectivity index (χ0) is 15.5. The molecular weight excluding hydrogens is 320 g/mol. The first-order valence-corrected chi connectivity index (χ1v) is 8.27. The van der Waals surface area contributed by atoms with Crippen molar-refractivity contribution in [2.75, 3.05) is 12.3 Å². The molecule has 0 radical (unpaired) electrons. The van der Waals surface area contributed by atoms with Crippen LogP contribution in [0, 0.1) is 6.92 Å². The molecule has 2 aromatic rings. The molecule has 22 heavy (non-hydrogen) atoms. The molecule has 0 spiro atoms. The zero-order valence-corrected chi connectivity index (χ0v) is 13.6. The highest BCUT2D eigenvalue weighted by molar-refractivity contribution is 8.14. The number of carbonyl (C=O) groups excluding carboxylic acids is 1. The summed E-state index contributed by atoms with van der Waals surface area (Å²) in [7, 11) is 0. The van der Waals surface area contributed by atoms with Crippen molar-refractivity contribution in [3.8, 4) is 0 Å². The van der Waals surface area contributed by atoms with Crippen LogP contribution in [-0.2, 0) is 6.54 Å². The van der Waals surface area contributed by atoms with Crippen LogP contribution in [0.25, 0.3) is 0 Å². The molecule has 5 nitrogen and oxygen atoms in total. The molecular formula is C15H15ClN4OS. The fraction of sp³-hybridized carbons (Fsp3) is 0.267. The highest BCUT2D eigenvalue weighted by atomic mass is 35.5. The van der Waals surface area contributed by atoms with Crippen LogP contribution in [0.2, 0.25) is 5.15 Å². The minimum Gasteiger partial charge on any atom is -0.301 e. The van der Waals surface area contributed by atoms with E-state index in [0.29, 0.717) is 28.1 Å². The zero-order valence-electron chi connectivity index (χ0n) is 12.0. The Morgan fingerprint density at radius 1 is 1.41 bits per heavy atom. The number of nitrogens with zero attached hydrogens (tertiary/aromatic N) is 3. The van der Waals surface area contributed by atoms with E-state index in [1.807, 2.05) is 30.3 Å². The minimum absolute atomic E-state index is 0.255. The van der Waals surface area contributed by atoms with E-state index < -0.39 is 0 Å². The van der Waals surface area contributed by atoms with Gasteiger partial charge in [0.25, 0.3) is 5.91 Å². The fourth-order valence-electron chi connectivity index (χ4n) is 2.24. The van der Waals surface area contributed by atoms with Crippen molar-refractivity contribution < 1.29 is 4.79 Å². The molecule has 0 saturated carbocycles. The number of benzene rings is 1. The monoisotopic (exact) mass is 334 g/mol. The molecule has 0 fully saturated rings. The summed E-state index contributed by atoms with van der Waals surface area (Å²) >= 11 is 7.89. The van der Waals surface area contributed by atoms with Crippen molar-refractivity contribution >= 4 is 34.4 Å². The van der Waals surface area contributed by atoms with Crippen molar-refractivity contribution in [2.45, 2.75) is 13.5 Å². The third-order valence-corrected chi connectivity index (χ3v) is 4.55. The third kappa shape index (κ3) is 3.18. The average Bonchev–Trinajstić information content (AvgIpc) is 3.09. The number of hydrogen-bond acceptors (Lipinski definition) is 4. The number of hydrogen-bond donors (Lipinski definition) is 1. The summed E-state index contributed by atoms with van der Waals surface area (Å²) in [6.45, 7) is 3.05. The van der Waals surface area contributed by atoms with Gasteiger partial charge in [0.05, 0.1) is 24.3 Å². The summed E-state index contributed by atoms with van der Waals surface area (Å²) in [6, 6.07) is 9.87. The van der Waals surface area contributed by atoms with Gasteiger partial charge in [-0.3, -0.25) is 9.79 Å². The maximum Gasteiger partial charge on any atom is 0.262 e. The Labute approximate surface area is 137 Å². The van der Waals surface area contributed by atoms with Crippen LogP contribution >= 0.6 is 23.4 Å². The van der Waals surface area contributed by atoms with Gasteiger partial charge in [0.15, 0.2) is 5.17 Å². The second kappa shape index (κ2) is 6.54. The van der Waals surface area contributed by atoms with Gasteiger partial charge in [-0.15, -0.1) is 0 Å². The molecule has 7 heteroatoms. The molecule has 0 aliphatic carbocycles. The SMILES string of the molecule is Cc1nn(Cc2ccccc2)c(Cl)c1C(=O)NC1=NCCS1. The van der Waals surface area contributed by atoms with E-state index in [9.17, 15) is 4.79 Å². The second-order valence-corrected chi connectivity index (χ2v) is 6.33. The third-order valence-electron chi connectivity index (χ3n) is 3.27. The van der Waals surface area contributed by atoms with Crippen molar-refractivity contribution in [2.24, 2.45) is 4.99 Å². The molecule has 3 rings (SSSR count). The van der Waals surface area contributed by atoms with E-state index in [-0.39, 0.29) is 5.91 Å². The van der Waals surface area contributed by atoms with Gasteiger partial charge < -0.3 is 5.32 Å². The lowest BCUT2D eigenvalue weighted by atomic mass is 10.2. The van der Waals surface area contributed by atoms with Crippen LogP contribution < -0.4 is 5.32 Å². The number of aryl methyl sites for hydroxylation is 1. The highest BCUT2D eigenvalue weighted by Crippen LogP contribution is 2.21. The molecule has 0 atom stereocenters. The quantitative estimate of drug-likeness (QED) is 0.939. The summed E-state index contributed by atoms with van der Waals surface area (Å²) in [5.41, 5.74) is 2.10. The molecule has 1 N–H and O–H groups in total. The number of amides is 1. The topological polar surface area (TPSA) is 59.3 Å².